The molecule has 0 saturated heterocycles. The van der Waals surface area contributed by atoms with E-state index in [0.29, 0.717) is 17.1 Å². The lowest BCUT2D eigenvalue weighted by Gasteiger charge is -2.09. The van der Waals surface area contributed by atoms with Crippen LogP contribution in [0.1, 0.15) is 24.8 Å². The van der Waals surface area contributed by atoms with E-state index in [1.807, 2.05) is 6.07 Å². The summed E-state index contributed by atoms with van der Waals surface area (Å²) in [6, 6.07) is 11.9. The maximum Gasteiger partial charge on any atom is 0.263 e. The maximum absolute atomic E-state index is 12.7. The molecule has 4 rings (SSSR count). The maximum atomic E-state index is 12.7. The summed E-state index contributed by atoms with van der Waals surface area (Å²) in [4.78, 5) is 17.9. The van der Waals surface area contributed by atoms with Crippen molar-refractivity contribution in [3.63, 3.8) is 0 Å². The van der Waals surface area contributed by atoms with Crippen LogP contribution in [0.5, 0.6) is 0 Å². The van der Waals surface area contributed by atoms with Crippen molar-refractivity contribution in [2.24, 2.45) is 0 Å². The fourth-order valence-electron chi connectivity index (χ4n) is 2.86. The molecule has 3 aromatic heterocycles. The molecule has 0 saturated carbocycles. The molecule has 0 aliphatic heterocycles. The van der Waals surface area contributed by atoms with Gasteiger partial charge in [0.15, 0.2) is 0 Å². The van der Waals surface area contributed by atoms with Crippen molar-refractivity contribution < 1.29 is 8.42 Å². The average Bonchev–Trinajstić information content (AvgIpc) is 3.20. The van der Waals surface area contributed by atoms with Gasteiger partial charge in [0.1, 0.15) is 4.90 Å². The first-order valence-electron chi connectivity index (χ1n) is 9.36. The van der Waals surface area contributed by atoms with Gasteiger partial charge in [0.25, 0.3) is 10.0 Å². The van der Waals surface area contributed by atoms with Crippen LogP contribution < -0.4 is 4.72 Å². The number of thiazole rings is 1. The normalized spacial score (nSPS) is 11.6. The number of rotatable bonds is 6. The lowest BCUT2D eigenvalue weighted by molar-refractivity contribution is 0.601. The quantitative estimate of drug-likeness (QED) is 0.386. The van der Waals surface area contributed by atoms with Crippen LogP contribution in [0.3, 0.4) is 0 Å². The number of nitrogens with zero attached hydrogens (tertiary/aromatic N) is 4. The Balaban J connectivity index is 1.76. The van der Waals surface area contributed by atoms with Crippen LogP contribution >= 0.6 is 22.9 Å². The molecular formula is C21H18ClN5O2S2. The predicted octanol–water partition coefficient (Wildman–Crippen LogP) is 5.24. The summed E-state index contributed by atoms with van der Waals surface area (Å²) in [7, 11) is -3.76. The van der Waals surface area contributed by atoms with Crippen LogP contribution in [-0.2, 0) is 10.0 Å². The summed E-state index contributed by atoms with van der Waals surface area (Å²) in [5, 5.41) is 1.10. The number of nitrogens with one attached hydrogen (secondary N) is 1. The molecule has 7 nitrogen and oxygen atoms in total. The zero-order valence-electron chi connectivity index (χ0n) is 16.7. The average molecular weight is 472 g/mol. The Morgan fingerprint density at radius 2 is 1.90 bits per heavy atom. The standard InChI is InChI=1S/C21H18ClN5O2S2/c1-13(2)20-26-18(19(30-20)17-8-10-24-21(22)25-17)14-5-3-6-15(11-14)27-31(28,29)16-7-4-9-23-12-16/h3-13,27H,1-2H3. The third-order valence-corrected chi connectivity index (χ3v) is 7.26. The minimum atomic E-state index is -3.76. The van der Waals surface area contributed by atoms with E-state index < -0.39 is 10.0 Å². The molecule has 0 unspecified atom stereocenters. The van der Waals surface area contributed by atoms with E-state index in [1.54, 1.807) is 36.5 Å². The molecule has 1 aromatic carbocycles. The van der Waals surface area contributed by atoms with E-state index in [1.165, 1.54) is 29.8 Å². The molecule has 0 spiro atoms. The molecular weight excluding hydrogens is 454 g/mol. The van der Waals surface area contributed by atoms with Gasteiger partial charge in [-0.05, 0) is 41.9 Å². The van der Waals surface area contributed by atoms with Gasteiger partial charge in [-0.25, -0.2) is 23.4 Å². The molecule has 10 heteroatoms. The Labute approximate surface area is 189 Å². The molecule has 0 fully saturated rings. The number of sulfonamides is 1. The number of anilines is 1. The molecule has 0 radical (unpaired) electrons. The van der Waals surface area contributed by atoms with Crippen LogP contribution in [-0.4, -0.2) is 28.4 Å². The van der Waals surface area contributed by atoms with Gasteiger partial charge in [0.05, 0.1) is 21.3 Å². The topological polar surface area (TPSA) is 97.7 Å². The summed E-state index contributed by atoms with van der Waals surface area (Å²) in [5.74, 6) is 0.224. The summed E-state index contributed by atoms with van der Waals surface area (Å²) < 4.78 is 27.9. The van der Waals surface area contributed by atoms with Crippen LogP contribution in [0.4, 0.5) is 5.69 Å². The van der Waals surface area contributed by atoms with E-state index in [4.69, 9.17) is 16.6 Å². The Hall–Kier alpha value is -2.88. The number of benzene rings is 1. The number of pyridine rings is 1. The molecule has 158 valence electrons. The zero-order valence-corrected chi connectivity index (χ0v) is 19.0. The predicted molar refractivity (Wildman–Crippen MR) is 123 cm³/mol. The fourth-order valence-corrected chi connectivity index (χ4v) is 5.08. The Morgan fingerprint density at radius 3 is 2.61 bits per heavy atom. The van der Waals surface area contributed by atoms with Crippen LogP contribution in [0, 0.1) is 0 Å². The monoisotopic (exact) mass is 471 g/mol. The van der Waals surface area contributed by atoms with Gasteiger partial charge in [-0.15, -0.1) is 11.3 Å². The summed E-state index contributed by atoms with van der Waals surface area (Å²) in [6.07, 6.45) is 4.43. The first-order valence-corrected chi connectivity index (χ1v) is 12.0. The van der Waals surface area contributed by atoms with Crippen molar-refractivity contribution in [3.05, 3.63) is 71.3 Å². The van der Waals surface area contributed by atoms with Gasteiger partial charge in [-0.3, -0.25) is 9.71 Å². The second-order valence-corrected chi connectivity index (χ2v) is 10.0. The van der Waals surface area contributed by atoms with Gasteiger partial charge in [-0.1, -0.05) is 26.0 Å². The number of halogens is 1. The highest BCUT2D eigenvalue weighted by atomic mass is 35.5. The molecule has 0 aliphatic rings. The van der Waals surface area contributed by atoms with Crippen LogP contribution in [0.25, 0.3) is 21.8 Å². The Bertz CT molecular complexity index is 1320. The van der Waals surface area contributed by atoms with E-state index in [9.17, 15) is 8.42 Å². The third kappa shape index (κ3) is 4.73. The molecule has 31 heavy (non-hydrogen) atoms. The first-order chi connectivity index (χ1) is 14.8. The lowest BCUT2D eigenvalue weighted by Crippen LogP contribution is -2.13. The molecule has 0 bridgehead atoms. The summed E-state index contributed by atoms with van der Waals surface area (Å²) >= 11 is 7.53. The molecule has 4 aromatic rings. The summed E-state index contributed by atoms with van der Waals surface area (Å²) in [5.41, 5.74) is 2.57. The molecule has 3 heterocycles. The number of hydrogen-bond donors (Lipinski definition) is 1. The van der Waals surface area contributed by atoms with Crippen molar-refractivity contribution in [3.8, 4) is 21.8 Å². The Morgan fingerprint density at radius 1 is 1.06 bits per heavy atom. The van der Waals surface area contributed by atoms with Gasteiger partial charge >= 0.3 is 0 Å². The minimum absolute atomic E-state index is 0.0903. The minimum Gasteiger partial charge on any atom is -0.280 e. The molecule has 0 atom stereocenters. The third-order valence-electron chi connectivity index (χ3n) is 4.33. The van der Waals surface area contributed by atoms with Crippen LogP contribution in [0.15, 0.2) is 66.0 Å². The van der Waals surface area contributed by atoms with E-state index >= 15 is 0 Å². The van der Waals surface area contributed by atoms with E-state index in [0.717, 1.165) is 15.4 Å². The summed E-state index contributed by atoms with van der Waals surface area (Å²) in [6.45, 7) is 4.13. The van der Waals surface area contributed by atoms with Gasteiger partial charge in [0, 0.05) is 35.8 Å². The van der Waals surface area contributed by atoms with Crippen LogP contribution in [0.2, 0.25) is 5.28 Å². The van der Waals surface area contributed by atoms with Crippen molar-refractivity contribution >= 4 is 38.6 Å². The first kappa shape index (κ1) is 21.4. The number of hydrogen-bond acceptors (Lipinski definition) is 7. The second kappa shape index (κ2) is 8.70. The van der Waals surface area contributed by atoms with Crippen molar-refractivity contribution in [1.82, 2.24) is 19.9 Å². The lowest BCUT2D eigenvalue weighted by atomic mass is 10.1. The largest absolute Gasteiger partial charge is 0.280 e. The zero-order chi connectivity index (χ0) is 22.0. The smallest absolute Gasteiger partial charge is 0.263 e. The fraction of sp³-hybridized carbons (Fsp3) is 0.143. The highest BCUT2D eigenvalue weighted by molar-refractivity contribution is 7.92. The molecule has 0 aliphatic carbocycles. The van der Waals surface area contributed by atoms with Crippen molar-refractivity contribution in [2.75, 3.05) is 4.72 Å². The van der Waals surface area contributed by atoms with Gasteiger partial charge < -0.3 is 0 Å². The van der Waals surface area contributed by atoms with Gasteiger partial charge in [0.2, 0.25) is 5.28 Å². The highest BCUT2D eigenvalue weighted by Gasteiger charge is 2.19. The highest BCUT2D eigenvalue weighted by Crippen LogP contribution is 2.39. The van der Waals surface area contributed by atoms with Crippen molar-refractivity contribution in [1.29, 1.82) is 0 Å². The molecule has 1 N–H and O–H groups in total. The van der Waals surface area contributed by atoms with Crippen molar-refractivity contribution in [2.45, 2.75) is 24.7 Å². The second-order valence-electron chi connectivity index (χ2n) is 6.97. The van der Waals surface area contributed by atoms with E-state index in [2.05, 4.69) is 33.5 Å². The van der Waals surface area contributed by atoms with E-state index in [-0.39, 0.29) is 16.1 Å². The number of aromatic nitrogens is 4. The molecule has 0 amide bonds. The van der Waals surface area contributed by atoms with Gasteiger partial charge in [-0.2, -0.15) is 0 Å². The Kier molecular flexibility index (Phi) is 5.99. The SMILES string of the molecule is CC(C)c1nc(-c2cccc(NS(=O)(=O)c3cccnc3)c2)c(-c2ccnc(Cl)n2)s1.